The maximum Gasteiger partial charge on any atom is 0.251 e. The molecule has 0 heterocycles. The van der Waals surface area contributed by atoms with Gasteiger partial charge in [0.2, 0.25) is 0 Å². The number of rotatable bonds is 3. The van der Waals surface area contributed by atoms with E-state index in [1.165, 1.54) is 12.1 Å². The van der Waals surface area contributed by atoms with Crippen LogP contribution >= 0.6 is 39.1 Å². The summed E-state index contributed by atoms with van der Waals surface area (Å²) in [5.74, 6) is -0.255. The summed E-state index contributed by atoms with van der Waals surface area (Å²) in [6, 6.07) is 10.6. The largest absolute Gasteiger partial charge is 0.396 e. The van der Waals surface area contributed by atoms with E-state index in [0.717, 1.165) is 10.0 Å². The molecule has 2 rings (SSSR count). The molecule has 0 spiro atoms. The second kappa shape index (κ2) is 6.69. The van der Waals surface area contributed by atoms with Gasteiger partial charge in [-0.15, -0.1) is 0 Å². The first kappa shape index (κ1) is 16.1. The molecule has 21 heavy (non-hydrogen) atoms. The van der Waals surface area contributed by atoms with E-state index in [-0.39, 0.29) is 27.7 Å². The number of nitrogens with two attached hydrogens (primary N) is 1. The van der Waals surface area contributed by atoms with Crippen LogP contribution in [0.3, 0.4) is 0 Å². The Labute approximate surface area is 141 Å². The SMILES string of the molecule is C[C@@H](NC(=O)c1cc(Cl)c(N)c(Cl)c1)c1ccc(Br)cc1. The lowest BCUT2D eigenvalue weighted by Crippen LogP contribution is -2.26. The third-order valence-electron chi connectivity index (χ3n) is 3.06. The molecule has 0 unspecified atom stereocenters. The predicted octanol–water partition coefficient (Wildman–Crippen LogP) is 4.83. The van der Waals surface area contributed by atoms with Gasteiger partial charge in [0.1, 0.15) is 0 Å². The highest BCUT2D eigenvalue weighted by molar-refractivity contribution is 9.10. The highest BCUT2D eigenvalue weighted by atomic mass is 79.9. The maximum absolute atomic E-state index is 12.2. The number of nitrogen functional groups attached to an aromatic ring is 1. The van der Waals surface area contributed by atoms with Crippen molar-refractivity contribution in [2.24, 2.45) is 0 Å². The van der Waals surface area contributed by atoms with Crippen molar-refractivity contribution in [1.29, 1.82) is 0 Å². The highest BCUT2D eigenvalue weighted by Gasteiger charge is 2.14. The Bertz CT molecular complexity index is 651. The zero-order chi connectivity index (χ0) is 15.6. The molecule has 6 heteroatoms. The molecule has 0 aliphatic rings. The fourth-order valence-electron chi connectivity index (χ4n) is 1.83. The minimum absolute atomic E-state index is 0.138. The summed E-state index contributed by atoms with van der Waals surface area (Å²) in [7, 11) is 0. The number of nitrogens with one attached hydrogen (secondary N) is 1. The molecule has 0 radical (unpaired) electrons. The third-order valence-corrected chi connectivity index (χ3v) is 4.21. The van der Waals surface area contributed by atoms with Gasteiger partial charge in [-0.2, -0.15) is 0 Å². The summed E-state index contributed by atoms with van der Waals surface area (Å²) in [4.78, 5) is 12.2. The van der Waals surface area contributed by atoms with Crippen molar-refractivity contribution in [2.45, 2.75) is 13.0 Å². The Morgan fingerprint density at radius 3 is 2.24 bits per heavy atom. The van der Waals surface area contributed by atoms with Crippen molar-refractivity contribution in [2.75, 3.05) is 5.73 Å². The van der Waals surface area contributed by atoms with Crippen LogP contribution in [0.25, 0.3) is 0 Å². The van der Waals surface area contributed by atoms with Gasteiger partial charge in [-0.3, -0.25) is 4.79 Å². The van der Waals surface area contributed by atoms with Crippen molar-refractivity contribution in [3.63, 3.8) is 0 Å². The Balaban J connectivity index is 2.16. The van der Waals surface area contributed by atoms with Crippen LogP contribution in [0.1, 0.15) is 28.9 Å². The van der Waals surface area contributed by atoms with E-state index in [1.54, 1.807) is 0 Å². The topological polar surface area (TPSA) is 55.1 Å². The highest BCUT2D eigenvalue weighted by Crippen LogP contribution is 2.29. The molecule has 0 aromatic heterocycles. The second-order valence-electron chi connectivity index (χ2n) is 4.60. The van der Waals surface area contributed by atoms with Crippen molar-refractivity contribution < 1.29 is 4.79 Å². The lowest BCUT2D eigenvalue weighted by atomic mass is 10.1. The molecular formula is C15H13BrCl2N2O. The van der Waals surface area contributed by atoms with E-state index in [0.29, 0.717) is 5.56 Å². The first-order valence-electron chi connectivity index (χ1n) is 6.19. The number of amides is 1. The summed E-state index contributed by atoms with van der Waals surface area (Å²) < 4.78 is 0.988. The van der Waals surface area contributed by atoms with Crippen molar-refractivity contribution in [3.8, 4) is 0 Å². The smallest absolute Gasteiger partial charge is 0.251 e. The van der Waals surface area contributed by atoms with E-state index >= 15 is 0 Å². The number of halogens is 3. The van der Waals surface area contributed by atoms with Crippen LogP contribution in [0.5, 0.6) is 0 Å². The molecule has 1 atom stereocenters. The van der Waals surface area contributed by atoms with Gasteiger partial charge in [-0.25, -0.2) is 0 Å². The fraction of sp³-hybridized carbons (Fsp3) is 0.133. The van der Waals surface area contributed by atoms with Gasteiger partial charge in [0.05, 0.1) is 21.8 Å². The molecule has 110 valence electrons. The van der Waals surface area contributed by atoms with Crippen LogP contribution in [0, 0.1) is 0 Å². The van der Waals surface area contributed by atoms with Gasteiger partial charge in [-0.1, -0.05) is 51.3 Å². The number of hydrogen-bond acceptors (Lipinski definition) is 2. The first-order valence-corrected chi connectivity index (χ1v) is 7.74. The van der Waals surface area contributed by atoms with Gasteiger partial charge in [0.25, 0.3) is 5.91 Å². The van der Waals surface area contributed by atoms with Crippen molar-refractivity contribution >= 4 is 50.7 Å². The van der Waals surface area contributed by atoms with Gasteiger partial charge < -0.3 is 11.1 Å². The molecule has 3 nitrogen and oxygen atoms in total. The minimum Gasteiger partial charge on any atom is -0.396 e. The van der Waals surface area contributed by atoms with Crippen LogP contribution in [0.2, 0.25) is 10.0 Å². The standard InChI is InChI=1S/C15H13BrCl2N2O/c1-8(9-2-4-11(16)5-3-9)20-15(21)10-6-12(17)14(19)13(18)7-10/h2-8H,19H2,1H3,(H,20,21)/t8-/m1/s1. The lowest BCUT2D eigenvalue weighted by Gasteiger charge is -2.15. The lowest BCUT2D eigenvalue weighted by molar-refractivity contribution is 0.0940. The number of benzene rings is 2. The average Bonchev–Trinajstić information content (AvgIpc) is 2.44. The minimum atomic E-state index is -0.255. The number of hydrogen-bond donors (Lipinski definition) is 2. The van der Waals surface area contributed by atoms with E-state index in [9.17, 15) is 4.79 Å². The average molecular weight is 388 g/mol. The fourth-order valence-corrected chi connectivity index (χ4v) is 2.58. The van der Waals surface area contributed by atoms with E-state index in [1.807, 2.05) is 31.2 Å². The quantitative estimate of drug-likeness (QED) is 0.741. The summed E-state index contributed by atoms with van der Waals surface area (Å²) in [6.45, 7) is 1.90. The van der Waals surface area contributed by atoms with Crippen LogP contribution in [-0.4, -0.2) is 5.91 Å². The first-order chi connectivity index (χ1) is 9.88. The Morgan fingerprint density at radius 1 is 1.19 bits per heavy atom. The van der Waals surface area contributed by atoms with Crippen LogP contribution in [-0.2, 0) is 0 Å². The van der Waals surface area contributed by atoms with Crippen molar-refractivity contribution in [1.82, 2.24) is 5.32 Å². The molecule has 2 aromatic rings. The summed E-state index contributed by atoms with van der Waals surface area (Å²) in [5.41, 5.74) is 7.31. The van der Waals surface area contributed by atoms with Crippen molar-refractivity contribution in [3.05, 3.63) is 62.0 Å². The molecule has 0 saturated heterocycles. The Hall–Kier alpha value is -1.23. The van der Waals surface area contributed by atoms with Gasteiger partial charge in [-0.05, 0) is 36.8 Å². The predicted molar refractivity (Wildman–Crippen MR) is 90.9 cm³/mol. The van der Waals surface area contributed by atoms with E-state index < -0.39 is 0 Å². The molecule has 2 aromatic carbocycles. The summed E-state index contributed by atoms with van der Waals surface area (Å²) >= 11 is 15.3. The molecule has 0 fully saturated rings. The Kier molecular flexibility index (Phi) is 5.14. The Morgan fingerprint density at radius 2 is 1.71 bits per heavy atom. The summed E-state index contributed by atoms with van der Waals surface area (Å²) in [6.07, 6.45) is 0. The zero-order valence-corrected chi connectivity index (χ0v) is 14.3. The van der Waals surface area contributed by atoms with E-state index in [2.05, 4.69) is 21.2 Å². The maximum atomic E-state index is 12.2. The molecule has 1 amide bonds. The second-order valence-corrected chi connectivity index (χ2v) is 6.33. The third kappa shape index (κ3) is 3.90. The molecular weight excluding hydrogens is 375 g/mol. The van der Waals surface area contributed by atoms with Gasteiger partial charge in [0, 0.05) is 10.0 Å². The zero-order valence-electron chi connectivity index (χ0n) is 11.2. The molecule has 3 N–H and O–H groups in total. The molecule has 0 saturated carbocycles. The van der Waals surface area contributed by atoms with Gasteiger partial charge in [0.15, 0.2) is 0 Å². The van der Waals surface area contributed by atoms with Gasteiger partial charge >= 0.3 is 0 Å². The molecule has 0 aliphatic carbocycles. The molecule has 0 bridgehead atoms. The van der Waals surface area contributed by atoms with Crippen LogP contribution in [0.4, 0.5) is 5.69 Å². The molecule has 0 aliphatic heterocycles. The normalized spacial score (nSPS) is 12.0. The van der Waals surface area contributed by atoms with E-state index in [4.69, 9.17) is 28.9 Å². The van der Waals surface area contributed by atoms with Crippen LogP contribution < -0.4 is 11.1 Å². The monoisotopic (exact) mass is 386 g/mol. The number of anilines is 1. The van der Waals surface area contributed by atoms with Crippen LogP contribution in [0.15, 0.2) is 40.9 Å². The number of carbonyl (C=O) groups excluding carboxylic acids is 1. The number of carbonyl (C=O) groups is 1. The summed E-state index contributed by atoms with van der Waals surface area (Å²) in [5, 5.41) is 3.43.